The van der Waals surface area contributed by atoms with Crippen LogP contribution >= 0.6 is 0 Å². The molecule has 3 nitrogen and oxygen atoms in total. The Labute approximate surface area is 109 Å². The number of nitrogen functional groups attached to an aromatic ring is 1. The Morgan fingerprint density at radius 1 is 1.33 bits per heavy atom. The van der Waals surface area contributed by atoms with Crippen LogP contribution in [0.2, 0.25) is 0 Å². The van der Waals surface area contributed by atoms with E-state index in [0.29, 0.717) is 12.5 Å². The average Bonchev–Trinajstić information content (AvgIpc) is 2.78. The molecule has 0 radical (unpaired) electrons. The summed E-state index contributed by atoms with van der Waals surface area (Å²) in [7, 11) is 0. The van der Waals surface area contributed by atoms with E-state index in [9.17, 15) is 4.79 Å². The summed E-state index contributed by atoms with van der Waals surface area (Å²) in [5.74, 6) is 1.01. The Balaban J connectivity index is 1.75. The number of nitrogens with one attached hydrogen (secondary N) is 1. The van der Waals surface area contributed by atoms with Crippen molar-refractivity contribution >= 4 is 11.6 Å². The highest BCUT2D eigenvalue weighted by molar-refractivity contribution is 5.79. The van der Waals surface area contributed by atoms with Crippen molar-refractivity contribution in [2.45, 2.75) is 32.6 Å². The Kier molecular flexibility index (Phi) is 4.24. The van der Waals surface area contributed by atoms with Crippen LogP contribution in [-0.2, 0) is 11.2 Å². The first-order valence-electron chi connectivity index (χ1n) is 6.79. The van der Waals surface area contributed by atoms with E-state index in [0.717, 1.165) is 18.5 Å². The van der Waals surface area contributed by atoms with Crippen LogP contribution in [0.15, 0.2) is 24.3 Å². The van der Waals surface area contributed by atoms with Gasteiger partial charge in [0.25, 0.3) is 0 Å². The molecular weight excluding hydrogens is 224 g/mol. The average molecular weight is 246 g/mol. The molecular formula is C15H22N2O. The predicted molar refractivity (Wildman–Crippen MR) is 74.1 cm³/mol. The minimum atomic E-state index is 0.232. The summed E-state index contributed by atoms with van der Waals surface area (Å²) in [6, 6.07) is 7.83. The zero-order valence-corrected chi connectivity index (χ0v) is 11.0. The third-order valence-corrected chi connectivity index (χ3v) is 3.89. The lowest BCUT2D eigenvalue weighted by Gasteiger charge is -2.15. The fourth-order valence-corrected chi connectivity index (χ4v) is 2.68. The van der Waals surface area contributed by atoms with E-state index in [-0.39, 0.29) is 11.8 Å². The van der Waals surface area contributed by atoms with Gasteiger partial charge in [-0.15, -0.1) is 0 Å². The van der Waals surface area contributed by atoms with Gasteiger partial charge in [0.2, 0.25) is 5.91 Å². The van der Waals surface area contributed by atoms with Gasteiger partial charge in [-0.3, -0.25) is 4.79 Å². The van der Waals surface area contributed by atoms with E-state index in [2.05, 4.69) is 12.2 Å². The lowest BCUT2D eigenvalue weighted by atomic mass is 9.97. The summed E-state index contributed by atoms with van der Waals surface area (Å²) in [6.07, 6.45) is 4.30. The number of benzene rings is 1. The van der Waals surface area contributed by atoms with E-state index in [4.69, 9.17) is 5.73 Å². The molecule has 1 aromatic carbocycles. The van der Waals surface area contributed by atoms with Gasteiger partial charge in [-0.05, 0) is 42.9 Å². The summed E-state index contributed by atoms with van der Waals surface area (Å²) in [5.41, 5.74) is 7.62. The summed E-state index contributed by atoms with van der Waals surface area (Å²) in [5, 5.41) is 3.05. The van der Waals surface area contributed by atoms with E-state index >= 15 is 0 Å². The first kappa shape index (κ1) is 12.9. The van der Waals surface area contributed by atoms with Gasteiger partial charge in [0.15, 0.2) is 0 Å². The number of rotatable bonds is 4. The van der Waals surface area contributed by atoms with Gasteiger partial charge in [-0.1, -0.05) is 25.5 Å². The summed E-state index contributed by atoms with van der Waals surface area (Å²) in [6.45, 7) is 2.89. The van der Waals surface area contributed by atoms with Crippen molar-refractivity contribution in [3.8, 4) is 0 Å². The molecule has 0 saturated heterocycles. The van der Waals surface area contributed by atoms with Crippen LogP contribution in [0.5, 0.6) is 0 Å². The van der Waals surface area contributed by atoms with Gasteiger partial charge in [0, 0.05) is 18.2 Å². The molecule has 1 aliphatic carbocycles. The third kappa shape index (κ3) is 3.25. The van der Waals surface area contributed by atoms with E-state index in [1.807, 2.05) is 24.3 Å². The van der Waals surface area contributed by atoms with Crippen LogP contribution in [0.3, 0.4) is 0 Å². The van der Waals surface area contributed by atoms with Crippen molar-refractivity contribution < 1.29 is 4.79 Å². The lowest BCUT2D eigenvalue weighted by Crippen LogP contribution is -2.33. The van der Waals surface area contributed by atoms with Crippen molar-refractivity contribution in [2.75, 3.05) is 12.3 Å². The number of carbonyl (C=O) groups is 1. The summed E-state index contributed by atoms with van der Waals surface area (Å²) in [4.78, 5) is 12.0. The molecule has 3 N–H and O–H groups in total. The second kappa shape index (κ2) is 5.89. The Bertz CT molecular complexity index is 399. The van der Waals surface area contributed by atoms with Crippen LogP contribution in [0.25, 0.3) is 0 Å². The molecule has 0 spiro atoms. The second-order valence-corrected chi connectivity index (χ2v) is 5.30. The van der Waals surface area contributed by atoms with Crippen LogP contribution in [0, 0.1) is 11.8 Å². The van der Waals surface area contributed by atoms with Gasteiger partial charge in [0.1, 0.15) is 0 Å². The number of hydrogen-bond donors (Lipinski definition) is 2. The Morgan fingerprint density at radius 3 is 2.67 bits per heavy atom. The van der Waals surface area contributed by atoms with E-state index in [1.54, 1.807) is 0 Å². The molecule has 3 heteroatoms. The number of carbonyl (C=O) groups excluding carboxylic acids is 1. The Hall–Kier alpha value is -1.51. The van der Waals surface area contributed by atoms with Crippen LogP contribution < -0.4 is 11.1 Å². The molecule has 1 amide bonds. The number of amides is 1. The molecule has 0 heterocycles. The molecule has 2 atom stereocenters. The SMILES string of the molecule is CC1CCCC1C(=O)NCCc1ccc(N)cc1. The van der Waals surface area contributed by atoms with Gasteiger partial charge < -0.3 is 11.1 Å². The minimum absolute atomic E-state index is 0.232. The first-order chi connectivity index (χ1) is 8.66. The van der Waals surface area contributed by atoms with Crippen molar-refractivity contribution in [1.82, 2.24) is 5.32 Å². The van der Waals surface area contributed by atoms with Crippen molar-refractivity contribution in [1.29, 1.82) is 0 Å². The predicted octanol–water partition coefficient (Wildman–Crippen LogP) is 2.36. The maximum Gasteiger partial charge on any atom is 0.223 e. The maximum absolute atomic E-state index is 12.0. The molecule has 2 rings (SSSR count). The summed E-state index contributed by atoms with van der Waals surface area (Å²) < 4.78 is 0. The number of nitrogens with two attached hydrogens (primary N) is 1. The van der Waals surface area contributed by atoms with Crippen LogP contribution in [-0.4, -0.2) is 12.5 Å². The molecule has 1 aromatic rings. The largest absolute Gasteiger partial charge is 0.399 e. The molecule has 1 aliphatic rings. The normalized spacial score (nSPS) is 22.9. The molecule has 18 heavy (non-hydrogen) atoms. The molecule has 1 fully saturated rings. The highest BCUT2D eigenvalue weighted by Gasteiger charge is 2.29. The quantitative estimate of drug-likeness (QED) is 0.801. The highest BCUT2D eigenvalue weighted by atomic mass is 16.1. The highest BCUT2D eigenvalue weighted by Crippen LogP contribution is 2.31. The molecule has 0 aliphatic heterocycles. The lowest BCUT2D eigenvalue weighted by molar-refractivity contribution is -0.125. The van der Waals surface area contributed by atoms with Crippen molar-refractivity contribution in [3.63, 3.8) is 0 Å². The molecule has 98 valence electrons. The topological polar surface area (TPSA) is 55.1 Å². The standard InChI is InChI=1S/C15H22N2O/c1-11-3-2-4-14(11)15(18)17-10-9-12-5-7-13(16)8-6-12/h5-8,11,14H,2-4,9-10,16H2,1H3,(H,17,18). The fraction of sp³-hybridized carbons (Fsp3) is 0.533. The third-order valence-electron chi connectivity index (χ3n) is 3.89. The second-order valence-electron chi connectivity index (χ2n) is 5.30. The molecule has 0 bridgehead atoms. The number of hydrogen-bond acceptors (Lipinski definition) is 2. The van der Waals surface area contributed by atoms with Crippen LogP contribution in [0.1, 0.15) is 31.7 Å². The minimum Gasteiger partial charge on any atom is -0.399 e. The van der Waals surface area contributed by atoms with Crippen molar-refractivity contribution in [2.24, 2.45) is 11.8 Å². The zero-order chi connectivity index (χ0) is 13.0. The van der Waals surface area contributed by atoms with Gasteiger partial charge in [0.05, 0.1) is 0 Å². The molecule has 2 unspecified atom stereocenters. The number of anilines is 1. The first-order valence-corrected chi connectivity index (χ1v) is 6.79. The molecule has 1 saturated carbocycles. The van der Waals surface area contributed by atoms with Crippen molar-refractivity contribution in [3.05, 3.63) is 29.8 Å². The van der Waals surface area contributed by atoms with E-state index < -0.39 is 0 Å². The van der Waals surface area contributed by atoms with Crippen LogP contribution in [0.4, 0.5) is 5.69 Å². The van der Waals surface area contributed by atoms with Gasteiger partial charge >= 0.3 is 0 Å². The van der Waals surface area contributed by atoms with E-state index in [1.165, 1.54) is 18.4 Å². The smallest absolute Gasteiger partial charge is 0.223 e. The molecule has 0 aromatic heterocycles. The van der Waals surface area contributed by atoms with Gasteiger partial charge in [-0.25, -0.2) is 0 Å². The van der Waals surface area contributed by atoms with Gasteiger partial charge in [-0.2, -0.15) is 0 Å². The Morgan fingerprint density at radius 2 is 2.06 bits per heavy atom. The summed E-state index contributed by atoms with van der Waals surface area (Å²) >= 11 is 0. The fourth-order valence-electron chi connectivity index (χ4n) is 2.68. The maximum atomic E-state index is 12.0. The zero-order valence-electron chi connectivity index (χ0n) is 11.0. The monoisotopic (exact) mass is 246 g/mol.